The number of nitrogens with one attached hydrogen (secondary N) is 1. The summed E-state index contributed by atoms with van der Waals surface area (Å²) in [5, 5.41) is 3.66. The molecule has 0 radical (unpaired) electrons. The molecule has 44 heavy (non-hydrogen) atoms. The Morgan fingerprint density at radius 2 is 1.55 bits per heavy atom. The fourth-order valence-corrected chi connectivity index (χ4v) is 9.41. The highest BCUT2D eigenvalue weighted by Crippen LogP contribution is 2.60. The molecule has 0 aromatic heterocycles. The highest BCUT2D eigenvalue weighted by molar-refractivity contribution is 7.92. The summed E-state index contributed by atoms with van der Waals surface area (Å²) < 4.78 is 27.4. The molecule has 0 spiro atoms. The fraction of sp³-hybridized carbons (Fsp3) is 0.588. The summed E-state index contributed by atoms with van der Waals surface area (Å²) in [6.45, 7) is 5.95. The Hall–Kier alpha value is -2.29. The number of carbonyl (C=O) groups excluding carboxylic acids is 2. The van der Waals surface area contributed by atoms with E-state index in [0.717, 1.165) is 28.3 Å². The van der Waals surface area contributed by atoms with Crippen LogP contribution in [0.25, 0.3) is 0 Å². The first-order valence-electron chi connectivity index (χ1n) is 15.9. The third kappa shape index (κ3) is 7.23. The average molecular weight is 663 g/mol. The van der Waals surface area contributed by atoms with Gasteiger partial charge < -0.3 is 10.2 Å². The lowest BCUT2D eigenvalue weighted by Gasteiger charge is -2.57. The van der Waals surface area contributed by atoms with Gasteiger partial charge in [-0.05, 0) is 109 Å². The van der Waals surface area contributed by atoms with Gasteiger partial charge in [0.1, 0.15) is 12.6 Å². The Morgan fingerprint density at radius 1 is 0.955 bits per heavy atom. The van der Waals surface area contributed by atoms with Gasteiger partial charge in [-0.15, -0.1) is 0 Å². The van der Waals surface area contributed by atoms with Crippen molar-refractivity contribution in [3.63, 3.8) is 0 Å². The van der Waals surface area contributed by atoms with E-state index in [0.29, 0.717) is 34.3 Å². The van der Waals surface area contributed by atoms with E-state index in [9.17, 15) is 18.0 Å². The summed E-state index contributed by atoms with van der Waals surface area (Å²) >= 11 is 12.4. The molecular weight excluding hydrogens is 617 g/mol. The second kappa shape index (κ2) is 13.2. The number of halogens is 2. The number of amides is 2. The van der Waals surface area contributed by atoms with Gasteiger partial charge in [0, 0.05) is 13.1 Å². The van der Waals surface area contributed by atoms with Crippen LogP contribution in [0.1, 0.15) is 76.8 Å². The van der Waals surface area contributed by atoms with Crippen LogP contribution in [0.4, 0.5) is 5.69 Å². The van der Waals surface area contributed by atoms with Crippen molar-refractivity contribution in [1.82, 2.24) is 10.2 Å². The Morgan fingerprint density at radius 3 is 2.05 bits per heavy atom. The maximum absolute atomic E-state index is 14.0. The summed E-state index contributed by atoms with van der Waals surface area (Å²) in [7, 11) is -3.82. The lowest BCUT2D eigenvalue weighted by atomic mass is 9.48. The maximum atomic E-state index is 14.0. The molecule has 2 aromatic rings. The van der Waals surface area contributed by atoms with Gasteiger partial charge in [-0.25, -0.2) is 8.42 Å². The molecule has 7 nitrogen and oxygen atoms in total. The second-order valence-electron chi connectivity index (χ2n) is 13.8. The number of hydrogen-bond acceptors (Lipinski definition) is 4. The largest absolute Gasteiger partial charge is 0.354 e. The minimum atomic E-state index is -3.82. The molecule has 0 unspecified atom stereocenters. The molecule has 0 saturated heterocycles. The monoisotopic (exact) mass is 661 g/mol. The Bertz CT molecular complexity index is 1440. The van der Waals surface area contributed by atoms with Crippen molar-refractivity contribution in [3.8, 4) is 0 Å². The van der Waals surface area contributed by atoms with E-state index < -0.39 is 28.5 Å². The lowest BCUT2D eigenvalue weighted by molar-refractivity contribution is -0.140. The minimum absolute atomic E-state index is 0.0753. The first-order valence-corrected chi connectivity index (χ1v) is 18.5. The molecule has 1 N–H and O–H groups in total. The molecule has 2 amide bonds. The molecule has 4 aliphatic carbocycles. The van der Waals surface area contributed by atoms with E-state index in [1.54, 1.807) is 18.2 Å². The SMILES string of the molecule is CC[C@@H](C(=O)NCC(C)C)N(Cc1ccc(Cl)c(Cl)c1)C(=O)CN(c1ccc(C23CC4CC(CC(C4)C2)C3)cc1)S(C)(=O)=O. The van der Waals surface area contributed by atoms with Crippen molar-refractivity contribution >= 4 is 50.7 Å². The normalized spacial score (nSPS) is 24.8. The van der Waals surface area contributed by atoms with E-state index in [4.69, 9.17) is 23.2 Å². The number of carbonyl (C=O) groups is 2. The molecule has 0 heterocycles. The molecule has 4 saturated carbocycles. The molecule has 240 valence electrons. The van der Waals surface area contributed by atoms with Crippen molar-refractivity contribution in [2.75, 3.05) is 23.7 Å². The molecule has 4 fully saturated rings. The van der Waals surface area contributed by atoms with Gasteiger partial charge in [-0.2, -0.15) is 0 Å². The van der Waals surface area contributed by atoms with Crippen LogP contribution < -0.4 is 9.62 Å². The average Bonchev–Trinajstić information content (AvgIpc) is 2.95. The molecule has 1 atom stereocenters. The summed E-state index contributed by atoms with van der Waals surface area (Å²) in [5.41, 5.74) is 2.61. The maximum Gasteiger partial charge on any atom is 0.244 e. The molecule has 2 aromatic carbocycles. The number of nitrogens with zero attached hydrogens (tertiary/aromatic N) is 2. The minimum Gasteiger partial charge on any atom is -0.354 e. The number of benzene rings is 2. The zero-order valence-electron chi connectivity index (χ0n) is 26.2. The van der Waals surface area contributed by atoms with Crippen LogP contribution in [0.2, 0.25) is 10.0 Å². The highest BCUT2D eigenvalue weighted by Gasteiger charge is 2.51. The second-order valence-corrected chi connectivity index (χ2v) is 16.6. The van der Waals surface area contributed by atoms with Crippen molar-refractivity contribution in [1.29, 1.82) is 0 Å². The topological polar surface area (TPSA) is 86.8 Å². The number of rotatable bonds is 12. The molecular formula is C34H45Cl2N3O4S. The van der Waals surface area contributed by atoms with E-state index in [1.165, 1.54) is 49.0 Å². The number of hydrogen-bond donors (Lipinski definition) is 1. The van der Waals surface area contributed by atoms with Crippen molar-refractivity contribution < 1.29 is 18.0 Å². The molecule has 0 aliphatic heterocycles. The summed E-state index contributed by atoms with van der Waals surface area (Å²) in [6.07, 6.45) is 9.18. The van der Waals surface area contributed by atoms with Crippen LogP contribution in [0.5, 0.6) is 0 Å². The van der Waals surface area contributed by atoms with Crippen LogP contribution in [0.3, 0.4) is 0 Å². The van der Waals surface area contributed by atoms with E-state index in [2.05, 4.69) is 17.4 Å². The summed E-state index contributed by atoms with van der Waals surface area (Å²) in [4.78, 5) is 28.8. The molecule has 4 aliphatic rings. The summed E-state index contributed by atoms with van der Waals surface area (Å²) in [6, 6.07) is 12.1. The highest BCUT2D eigenvalue weighted by atomic mass is 35.5. The standard InChI is InChI=1S/C34H45Cl2N3O4S/c1-5-31(33(41)37-19-22(2)3)38(20-23-6-11-29(35)30(36)15-23)32(40)21-39(44(4,42)43)28-9-7-27(8-10-28)34-16-24-12-25(17-34)14-26(13-24)18-34/h6-11,15,22,24-26,31H,5,12-14,16-21H2,1-4H3,(H,37,41)/t24?,25?,26?,31-,34?/m0/s1. The van der Waals surface area contributed by atoms with Gasteiger partial charge >= 0.3 is 0 Å². The van der Waals surface area contributed by atoms with Gasteiger partial charge in [0.2, 0.25) is 21.8 Å². The quantitative estimate of drug-likeness (QED) is 0.271. The Labute approximate surface area is 272 Å². The van der Waals surface area contributed by atoms with Crippen LogP contribution in [0, 0.1) is 23.7 Å². The predicted molar refractivity (Wildman–Crippen MR) is 177 cm³/mol. The number of sulfonamides is 1. The van der Waals surface area contributed by atoms with Crippen LogP contribution in [-0.2, 0) is 31.6 Å². The molecule has 10 heteroatoms. The first kappa shape index (κ1) is 33.1. The Kier molecular flexibility index (Phi) is 9.93. The lowest BCUT2D eigenvalue weighted by Crippen LogP contribution is -2.52. The van der Waals surface area contributed by atoms with Crippen molar-refractivity contribution in [2.24, 2.45) is 23.7 Å². The zero-order valence-corrected chi connectivity index (χ0v) is 28.5. The first-order chi connectivity index (χ1) is 20.8. The van der Waals surface area contributed by atoms with E-state index in [-0.39, 0.29) is 23.8 Å². The summed E-state index contributed by atoms with van der Waals surface area (Å²) in [5.74, 6) is 1.89. The third-order valence-electron chi connectivity index (χ3n) is 9.89. The third-order valence-corrected chi connectivity index (χ3v) is 11.8. The van der Waals surface area contributed by atoms with Crippen molar-refractivity contribution in [2.45, 2.75) is 83.7 Å². The van der Waals surface area contributed by atoms with E-state index in [1.807, 2.05) is 32.9 Å². The van der Waals surface area contributed by atoms with Gasteiger partial charge in [0.15, 0.2) is 0 Å². The molecule has 4 bridgehead atoms. The van der Waals surface area contributed by atoms with Gasteiger partial charge in [0.25, 0.3) is 0 Å². The Balaban J connectivity index is 1.40. The predicted octanol–water partition coefficient (Wildman–Crippen LogP) is 6.81. The molecule has 6 rings (SSSR count). The van der Waals surface area contributed by atoms with Gasteiger partial charge in [0.05, 0.1) is 22.0 Å². The fourth-order valence-electron chi connectivity index (χ4n) is 8.24. The smallest absolute Gasteiger partial charge is 0.244 e. The van der Waals surface area contributed by atoms with Crippen LogP contribution >= 0.6 is 23.2 Å². The van der Waals surface area contributed by atoms with Crippen molar-refractivity contribution in [3.05, 3.63) is 63.6 Å². The van der Waals surface area contributed by atoms with E-state index >= 15 is 0 Å². The number of anilines is 1. The van der Waals surface area contributed by atoms with Crippen LogP contribution in [-0.4, -0.2) is 50.5 Å². The van der Waals surface area contributed by atoms with Crippen LogP contribution in [0.15, 0.2) is 42.5 Å². The van der Waals surface area contributed by atoms with Gasteiger partial charge in [-0.1, -0.05) is 62.2 Å². The van der Waals surface area contributed by atoms with Gasteiger partial charge in [-0.3, -0.25) is 13.9 Å². The zero-order chi connectivity index (χ0) is 31.8.